The van der Waals surface area contributed by atoms with E-state index in [1.165, 1.54) is 19.4 Å². The summed E-state index contributed by atoms with van der Waals surface area (Å²) in [5.41, 5.74) is 34.3. The topological polar surface area (TPSA) is 633 Å². The quantitative estimate of drug-likeness (QED) is 0.0190. The highest BCUT2D eigenvalue weighted by Gasteiger charge is 2.38. The molecule has 12 atom stereocenters. The van der Waals surface area contributed by atoms with Gasteiger partial charge in [0.05, 0.1) is 30.8 Å². The molecule has 536 valence electrons. The summed E-state index contributed by atoms with van der Waals surface area (Å²) >= 11 is 0.906. The Morgan fingerprint density at radius 1 is 0.639 bits per heavy atom. The van der Waals surface area contributed by atoms with Crippen molar-refractivity contribution in [2.45, 2.75) is 177 Å². The maximum atomic E-state index is 14.7. The zero-order valence-electron chi connectivity index (χ0n) is 54.3. The number of hydrogen-bond acceptors (Lipinski definition) is 20. The number of amides is 14. The number of aliphatic hydroxyl groups is 2. The van der Waals surface area contributed by atoms with Crippen molar-refractivity contribution in [2.75, 3.05) is 31.3 Å². The highest BCUT2D eigenvalue weighted by atomic mass is 32.2. The molecule has 3 rings (SSSR count). The van der Waals surface area contributed by atoms with Crippen molar-refractivity contribution in [3.05, 3.63) is 54.1 Å². The van der Waals surface area contributed by atoms with Crippen LogP contribution < -0.4 is 98.2 Å². The van der Waals surface area contributed by atoms with Gasteiger partial charge in [-0.05, 0) is 70.8 Å². The second-order valence-corrected chi connectivity index (χ2v) is 23.7. The molecular formula is C58H92N22O16S. The molecule has 1 aliphatic heterocycles. The first-order valence-electron chi connectivity index (χ1n) is 31.0. The molecule has 1 aromatic carbocycles. The lowest BCUT2D eigenvalue weighted by Crippen LogP contribution is -2.62. The van der Waals surface area contributed by atoms with E-state index in [9.17, 15) is 77.3 Å². The van der Waals surface area contributed by atoms with Gasteiger partial charge in [-0.15, -0.1) is 11.8 Å². The normalized spacial score (nSPS) is 22.8. The van der Waals surface area contributed by atoms with Crippen molar-refractivity contribution >= 4 is 106 Å². The Kier molecular flexibility index (Phi) is 35.3. The van der Waals surface area contributed by atoms with Gasteiger partial charge in [0, 0.05) is 70.4 Å². The summed E-state index contributed by atoms with van der Waals surface area (Å²) in [5, 5.41) is 51.8. The smallest absolute Gasteiger partial charge is 0.245 e. The summed E-state index contributed by atoms with van der Waals surface area (Å²) in [6.45, 7) is 4.12. The maximum Gasteiger partial charge on any atom is 0.245 e. The van der Waals surface area contributed by atoms with Crippen molar-refractivity contribution in [3.8, 4) is 0 Å². The van der Waals surface area contributed by atoms with Crippen molar-refractivity contribution in [1.82, 2.24) is 73.8 Å². The summed E-state index contributed by atoms with van der Waals surface area (Å²) in [5.74, 6) is -15.0. The Hall–Kier alpha value is -10.2. The molecule has 1 saturated heterocycles. The van der Waals surface area contributed by atoms with Crippen LogP contribution in [0.2, 0.25) is 0 Å². The van der Waals surface area contributed by atoms with Crippen LogP contribution in [0.3, 0.4) is 0 Å². The largest absolute Gasteiger partial charge is 0.391 e. The van der Waals surface area contributed by atoms with E-state index in [2.05, 4.69) is 83.8 Å². The number of aromatic amines is 1. The average molecular weight is 1390 g/mol. The zero-order valence-corrected chi connectivity index (χ0v) is 55.1. The number of nitrogens with one attached hydrogen (secondary N) is 13. The molecular weight excluding hydrogens is 1290 g/mol. The van der Waals surface area contributed by atoms with Crippen LogP contribution in [0.5, 0.6) is 0 Å². The predicted molar refractivity (Wildman–Crippen MR) is 351 cm³/mol. The van der Waals surface area contributed by atoms with Gasteiger partial charge in [-0.25, -0.2) is 4.98 Å². The van der Waals surface area contributed by atoms with Crippen molar-refractivity contribution in [2.24, 2.45) is 44.4 Å². The second-order valence-electron chi connectivity index (χ2n) is 22.7. The number of nitrogens with zero attached hydrogens (tertiary/aromatic N) is 3. The van der Waals surface area contributed by atoms with Gasteiger partial charge >= 0.3 is 0 Å². The third kappa shape index (κ3) is 31.3. The highest BCUT2D eigenvalue weighted by Crippen LogP contribution is 2.13. The van der Waals surface area contributed by atoms with Crippen LogP contribution in [-0.4, -0.2) is 219 Å². The number of nitrogens with two attached hydrogens (primary N) is 6. The minimum Gasteiger partial charge on any atom is -0.391 e. The van der Waals surface area contributed by atoms with Crippen molar-refractivity contribution in [3.63, 3.8) is 0 Å². The molecule has 1 aromatic heterocycles. The number of benzene rings is 1. The van der Waals surface area contributed by atoms with Gasteiger partial charge in [0.2, 0.25) is 82.7 Å². The molecule has 14 amide bonds. The number of thioether (sulfide) groups is 1. The Labute approximate surface area is 562 Å². The molecule has 0 saturated carbocycles. The van der Waals surface area contributed by atoms with Crippen LogP contribution >= 0.6 is 11.8 Å². The number of imidazole rings is 1. The van der Waals surface area contributed by atoms with E-state index in [4.69, 9.17) is 34.4 Å². The fourth-order valence-corrected chi connectivity index (χ4v) is 10.3. The van der Waals surface area contributed by atoms with Crippen LogP contribution in [0.1, 0.15) is 103 Å². The molecule has 97 heavy (non-hydrogen) atoms. The number of carbonyl (C=O) groups is 14. The highest BCUT2D eigenvalue weighted by molar-refractivity contribution is 7.99. The molecule has 39 heteroatoms. The van der Waals surface area contributed by atoms with Crippen LogP contribution in [0, 0.1) is 0 Å². The number of aliphatic imine (C=N–C) groups is 2. The zero-order chi connectivity index (χ0) is 72.3. The van der Waals surface area contributed by atoms with Crippen molar-refractivity contribution in [1.29, 1.82) is 0 Å². The molecule has 0 bridgehead atoms. The van der Waals surface area contributed by atoms with Gasteiger partial charge in [-0.1, -0.05) is 30.3 Å². The predicted octanol–water partition coefficient (Wildman–Crippen LogP) is -8.80. The molecule has 2 aromatic rings. The van der Waals surface area contributed by atoms with Gasteiger partial charge in [-0.2, -0.15) is 0 Å². The van der Waals surface area contributed by atoms with E-state index in [1.807, 2.05) is 0 Å². The molecule has 1 aliphatic rings. The minimum absolute atomic E-state index is 0.0207. The summed E-state index contributed by atoms with van der Waals surface area (Å²) in [6, 6.07) is -8.58. The molecule has 0 aliphatic carbocycles. The molecule has 27 N–H and O–H groups in total. The molecule has 1 unspecified atom stereocenters. The van der Waals surface area contributed by atoms with Crippen LogP contribution in [0.15, 0.2) is 52.8 Å². The molecule has 1 fully saturated rings. The Morgan fingerprint density at radius 2 is 1.15 bits per heavy atom. The number of carbonyl (C=O) groups excluding carboxylic acids is 14. The van der Waals surface area contributed by atoms with E-state index in [1.54, 1.807) is 30.3 Å². The van der Waals surface area contributed by atoms with Gasteiger partial charge in [0.25, 0.3) is 0 Å². The first-order chi connectivity index (χ1) is 45.8. The van der Waals surface area contributed by atoms with Crippen LogP contribution in [0.4, 0.5) is 0 Å². The molecule has 0 spiro atoms. The first-order valence-corrected chi connectivity index (χ1v) is 32.2. The molecule has 38 nitrogen and oxygen atoms in total. The van der Waals surface area contributed by atoms with Crippen LogP contribution in [0.25, 0.3) is 0 Å². The lowest BCUT2D eigenvalue weighted by Gasteiger charge is -2.29. The Morgan fingerprint density at radius 3 is 1.67 bits per heavy atom. The standard InChI is InChI=1S/C58H92N22O16S/c1-29(81)45-55(95)77-40(22-33-12-6-5-7-13-33)52(92)73-36(15-10-20-67-57(61)62)48(88)72-35(50(90)76-39(47(60)87)23-34-25-65-27-69-34)14-8-9-19-66-44(86)24-41(71-32(4)84)53(93)80-46(30(2)82)56(96)78-42(26-97-28-70-31(3)83)54(94)74-37(16-11-21-68-58(63)64)49(89)75-38(51(91)79-45)17-18-43(59)85/h5-7,12-13,25,27,29-30,35-42,45-46,81-82H,8-11,14-24,26,28H2,1-4H3,(H2,59,85)(H2,60,87)(H,65,69)(H,66,86)(H,70,83)(H,71,84)(H,72,88)(H,73,92)(H,74,94)(H,75,89)(H,76,90)(H,77,95)(H,78,96)(H,79,91)(H,80,93)(H4,61,62,67)(H4,63,64,68)/t29-,30-,35+,36-,37-,38+,39?,40+,41+,42+,45+,46+/m1/s1. The third-order valence-corrected chi connectivity index (χ3v) is 15.4. The maximum absolute atomic E-state index is 14.7. The lowest BCUT2D eigenvalue weighted by molar-refractivity contribution is -0.137. The monoisotopic (exact) mass is 1380 g/mol. The Bertz CT molecular complexity index is 3080. The number of hydrogen-bond donors (Lipinski definition) is 21. The van der Waals surface area contributed by atoms with Gasteiger partial charge in [0.1, 0.15) is 60.4 Å². The van der Waals surface area contributed by atoms with E-state index in [0.29, 0.717) is 11.3 Å². The summed E-state index contributed by atoms with van der Waals surface area (Å²) in [6.07, 6.45) is -3.77. The van der Waals surface area contributed by atoms with Gasteiger partial charge in [-0.3, -0.25) is 77.1 Å². The number of guanidine groups is 2. The summed E-state index contributed by atoms with van der Waals surface area (Å²) in [7, 11) is 0. The van der Waals surface area contributed by atoms with E-state index in [0.717, 1.165) is 32.5 Å². The minimum atomic E-state index is -1.95. The van der Waals surface area contributed by atoms with Gasteiger partial charge < -0.3 is 113 Å². The van der Waals surface area contributed by atoms with E-state index in [-0.39, 0.29) is 101 Å². The number of aliphatic hydroxyl groups excluding tert-OH is 2. The number of primary amides is 2. The molecule has 2 heterocycles. The second kappa shape index (κ2) is 42.3. The fourth-order valence-electron chi connectivity index (χ4n) is 9.40. The van der Waals surface area contributed by atoms with Crippen molar-refractivity contribution < 1.29 is 77.3 Å². The SMILES string of the molecule is CC(=O)NCSC[C@@H]1NC(=O)[C@H]([C@@H](C)O)NC(=O)[C@@H](NC(C)=O)CC(=O)NCCCC[C@@H](C(=O)NC(Cc2cnc[nH]2)C(N)=O)NC(=O)[C@@H](CCCN=C(N)N)NC(=O)[C@H](Cc2ccccc2)NC(=O)[C@H]([C@@H](C)O)NC(=O)[C@H](CCC(N)=O)NC(=O)[C@@H](CCCN=C(N)N)NC1=O. The number of H-pyrrole nitrogens is 1. The summed E-state index contributed by atoms with van der Waals surface area (Å²) < 4.78 is 0. The number of rotatable bonds is 25. The lowest BCUT2D eigenvalue weighted by atomic mass is 10.0. The van der Waals surface area contributed by atoms with Crippen LogP contribution in [-0.2, 0) is 80.0 Å². The molecule has 0 radical (unpaired) electrons. The first kappa shape index (κ1) is 81.1. The third-order valence-electron chi connectivity index (χ3n) is 14.4. The van der Waals surface area contributed by atoms with Gasteiger partial charge in [0.15, 0.2) is 11.9 Å². The Balaban J connectivity index is 2.28. The fraction of sp³-hybridized carbons (Fsp3) is 0.569. The summed E-state index contributed by atoms with van der Waals surface area (Å²) in [4.78, 5) is 207. The average Bonchev–Trinajstić information content (AvgIpc) is 1.36. The van der Waals surface area contributed by atoms with E-state index < -0.39 is 175 Å². The number of aromatic nitrogens is 2. The van der Waals surface area contributed by atoms with E-state index >= 15 is 0 Å².